The summed E-state index contributed by atoms with van der Waals surface area (Å²) in [5, 5.41) is 9.02. The smallest absolute Gasteiger partial charge is 0.247 e. The molecule has 1 atom stereocenters. The zero-order valence-electron chi connectivity index (χ0n) is 16.4. The molecule has 0 fully saturated rings. The van der Waals surface area contributed by atoms with Gasteiger partial charge in [-0.25, -0.2) is 0 Å². The molecule has 0 spiro atoms. The van der Waals surface area contributed by atoms with Crippen LogP contribution in [0.4, 0.5) is 5.69 Å². The summed E-state index contributed by atoms with van der Waals surface area (Å²) >= 11 is 1.39. The molecule has 0 unspecified atom stereocenters. The summed E-state index contributed by atoms with van der Waals surface area (Å²) in [6.45, 7) is 3.48. The first-order valence-electron chi connectivity index (χ1n) is 9.16. The topological polar surface area (TPSA) is 68.2 Å². The number of hydrogen-bond donors (Lipinski definition) is 0. The highest BCUT2D eigenvalue weighted by atomic mass is 32.2. The van der Waals surface area contributed by atoms with Crippen LogP contribution in [-0.4, -0.2) is 33.6 Å². The third-order valence-electron chi connectivity index (χ3n) is 4.62. The fraction of sp³-hybridized carbons (Fsp3) is 0.182. The highest BCUT2D eigenvalue weighted by molar-refractivity contribution is 7.98. The predicted octanol–water partition coefficient (Wildman–Crippen LogP) is 4.44. The molecule has 2 heterocycles. The van der Waals surface area contributed by atoms with Gasteiger partial charge in [-0.1, -0.05) is 66.4 Å². The standard InChI is InChI=1S/C22H20N4O2S/c1-14(13-16-9-5-4-6-10-16)21-26(15(2)27)18-12-8-7-11-17(18)19-20(28-21)23-22(29-3)25-24-19/h4-13,21H,1-3H3/b14-13+/t21-/m1/s1. The summed E-state index contributed by atoms with van der Waals surface area (Å²) in [4.78, 5) is 18.9. The zero-order valence-corrected chi connectivity index (χ0v) is 17.2. The first-order chi connectivity index (χ1) is 14.1. The molecule has 0 N–H and O–H groups in total. The van der Waals surface area contributed by atoms with Gasteiger partial charge in [0.1, 0.15) is 0 Å². The molecule has 0 saturated carbocycles. The molecule has 1 amide bonds. The Morgan fingerprint density at radius 1 is 1.07 bits per heavy atom. The minimum absolute atomic E-state index is 0.130. The summed E-state index contributed by atoms with van der Waals surface area (Å²) in [6, 6.07) is 17.5. The molecular formula is C22H20N4O2S. The first kappa shape index (κ1) is 19.1. The lowest BCUT2D eigenvalue weighted by atomic mass is 10.1. The van der Waals surface area contributed by atoms with E-state index in [1.165, 1.54) is 18.7 Å². The average molecular weight is 404 g/mol. The monoisotopic (exact) mass is 404 g/mol. The second kappa shape index (κ2) is 8.05. The van der Waals surface area contributed by atoms with Gasteiger partial charge < -0.3 is 4.74 Å². The molecule has 6 nitrogen and oxygen atoms in total. The van der Waals surface area contributed by atoms with Crippen molar-refractivity contribution in [3.05, 3.63) is 65.7 Å². The van der Waals surface area contributed by atoms with Crippen LogP contribution in [0.3, 0.4) is 0 Å². The van der Waals surface area contributed by atoms with Crippen LogP contribution in [0.5, 0.6) is 5.88 Å². The number of thioether (sulfide) groups is 1. The van der Waals surface area contributed by atoms with Crippen molar-refractivity contribution in [1.29, 1.82) is 0 Å². The van der Waals surface area contributed by atoms with Gasteiger partial charge in [0.25, 0.3) is 0 Å². The van der Waals surface area contributed by atoms with Crippen molar-refractivity contribution in [3.8, 4) is 17.1 Å². The third-order valence-corrected chi connectivity index (χ3v) is 5.16. The molecule has 1 aliphatic rings. The van der Waals surface area contributed by atoms with Gasteiger partial charge in [0.2, 0.25) is 23.2 Å². The van der Waals surface area contributed by atoms with Crippen molar-refractivity contribution < 1.29 is 9.53 Å². The quantitative estimate of drug-likeness (QED) is 0.602. The van der Waals surface area contributed by atoms with Gasteiger partial charge in [0.15, 0.2) is 5.69 Å². The number of hydrogen-bond acceptors (Lipinski definition) is 6. The molecule has 0 bridgehead atoms. The number of carbonyl (C=O) groups excluding carboxylic acids is 1. The zero-order chi connectivity index (χ0) is 20.4. The van der Waals surface area contributed by atoms with Gasteiger partial charge in [-0.3, -0.25) is 9.69 Å². The number of carbonyl (C=O) groups is 1. The van der Waals surface area contributed by atoms with Crippen LogP contribution < -0.4 is 9.64 Å². The molecule has 7 heteroatoms. The van der Waals surface area contributed by atoms with Gasteiger partial charge >= 0.3 is 0 Å². The molecule has 146 valence electrons. The number of amides is 1. The van der Waals surface area contributed by atoms with Crippen LogP contribution >= 0.6 is 11.8 Å². The average Bonchev–Trinajstić information content (AvgIpc) is 2.88. The van der Waals surface area contributed by atoms with Crippen LogP contribution in [0.1, 0.15) is 19.4 Å². The van der Waals surface area contributed by atoms with Gasteiger partial charge in [0.05, 0.1) is 5.69 Å². The predicted molar refractivity (Wildman–Crippen MR) is 115 cm³/mol. The largest absolute Gasteiger partial charge is 0.447 e. The number of ether oxygens (including phenoxy) is 1. The molecular weight excluding hydrogens is 384 g/mol. The van der Waals surface area contributed by atoms with E-state index in [1.54, 1.807) is 4.90 Å². The fourth-order valence-corrected chi connectivity index (χ4v) is 3.62. The van der Waals surface area contributed by atoms with Gasteiger partial charge in [-0.05, 0) is 30.4 Å². The lowest BCUT2D eigenvalue weighted by Crippen LogP contribution is -2.43. The minimum atomic E-state index is -0.651. The summed E-state index contributed by atoms with van der Waals surface area (Å²) in [5.41, 5.74) is 3.91. The molecule has 0 saturated heterocycles. The van der Waals surface area contributed by atoms with E-state index in [4.69, 9.17) is 4.74 Å². The van der Waals surface area contributed by atoms with E-state index < -0.39 is 6.23 Å². The Kier molecular flexibility index (Phi) is 5.31. The maximum Gasteiger partial charge on any atom is 0.247 e. The van der Waals surface area contributed by atoms with E-state index in [9.17, 15) is 4.79 Å². The number of fused-ring (bicyclic) bond motifs is 3. The van der Waals surface area contributed by atoms with Crippen LogP contribution in [0, 0.1) is 0 Å². The van der Waals surface area contributed by atoms with Crippen LogP contribution in [0.15, 0.2) is 65.3 Å². The molecule has 1 aromatic heterocycles. The van der Waals surface area contributed by atoms with E-state index in [0.717, 1.165) is 22.4 Å². The van der Waals surface area contributed by atoms with Crippen molar-refractivity contribution >= 4 is 29.4 Å². The summed E-state index contributed by atoms with van der Waals surface area (Å²) < 4.78 is 6.30. The molecule has 1 aliphatic heterocycles. The lowest BCUT2D eigenvalue weighted by molar-refractivity contribution is -0.117. The highest BCUT2D eigenvalue weighted by Gasteiger charge is 2.34. The van der Waals surface area contributed by atoms with E-state index >= 15 is 0 Å². The molecule has 29 heavy (non-hydrogen) atoms. The molecule has 2 aromatic carbocycles. The number of nitrogens with zero attached hydrogens (tertiary/aromatic N) is 4. The Labute approximate surface area is 173 Å². The van der Waals surface area contributed by atoms with E-state index in [-0.39, 0.29) is 5.91 Å². The Morgan fingerprint density at radius 3 is 2.52 bits per heavy atom. The van der Waals surface area contributed by atoms with Crippen molar-refractivity contribution in [3.63, 3.8) is 0 Å². The maximum atomic E-state index is 12.7. The van der Waals surface area contributed by atoms with E-state index in [1.807, 2.05) is 73.9 Å². The van der Waals surface area contributed by atoms with Gasteiger partial charge in [-0.2, -0.15) is 4.98 Å². The minimum Gasteiger partial charge on any atom is -0.447 e. The number of para-hydroxylation sites is 1. The highest BCUT2D eigenvalue weighted by Crippen LogP contribution is 2.40. The third kappa shape index (κ3) is 3.73. The SMILES string of the molecule is CSc1nnc2c(n1)O[C@H](/C(C)=C/c1ccccc1)N(C(C)=O)c1ccccc1-2. The van der Waals surface area contributed by atoms with Crippen molar-refractivity contribution in [2.45, 2.75) is 25.2 Å². The molecule has 4 rings (SSSR count). The van der Waals surface area contributed by atoms with E-state index in [0.29, 0.717) is 16.7 Å². The van der Waals surface area contributed by atoms with Gasteiger partial charge in [0, 0.05) is 12.5 Å². The fourth-order valence-electron chi connectivity index (χ4n) is 3.32. The summed E-state index contributed by atoms with van der Waals surface area (Å²) in [7, 11) is 0. The lowest BCUT2D eigenvalue weighted by Gasteiger charge is -2.30. The number of aromatic nitrogens is 3. The molecule has 0 aliphatic carbocycles. The second-order valence-corrected chi connectivity index (χ2v) is 7.40. The summed E-state index contributed by atoms with van der Waals surface area (Å²) in [5.74, 6) is 0.237. The normalized spacial score (nSPS) is 15.8. The van der Waals surface area contributed by atoms with Crippen LogP contribution in [-0.2, 0) is 4.79 Å². The number of anilines is 1. The number of benzene rings is 2. The Hall–Kier alpha value is -3.19. The first-order valence-corrected chi connectivity index (χ1v) is 10.4. The second-order valence-electron chi connectivity index (χ2n) is 6.63. The Balaban J connectivity index is 1.90. The Morgan fingerprint density at radius 2 is 1.79 bits per heavy atom. The number of rotatable bonds is 3. The van der Waals surface area contributed by atoms with Gasteiger partial charge in [-0.15, -0.1) is 10.2 Å². The molecule has 0 radical (unpaired) electrons. The van der Waals surface area contributed by atoms with Crippen molar-refractivity contribution in [1.82, 2.24) is 15.2 Å². The molecule has 3 aromatic rings. The van der Waals surface area contributed by atoms with Crippen LogP contribution in [0.25, 0.3) is 17.3 Å². The maximum absolute atomic E-state index is 12.7. The summed E-state index contributed by atoms with van der Waals surface area (Å²) in [6.07, 6.45) is 3.24. The van der Waals surface area contributed by atoms with E-state index in [2.05, 4.69) is 15.2 Å². The van der Waals surface area contributed by atoms with Crippen molar-refractivity contribution in [2.24, 2.45) is 0 Å². The van der Waals surface area contributed by atoms with Crippen LogP contribution in [0.2, 0.25) is 0 Å². The Bertz CT molecular complexity index is 1090. The van der Waals surface area contributed by atoms with Crippen molar-refractivity contribution in [2.75, 3.05) is 11.2 Å².